The number of carbonyl (C=O) groups excluding carboxylic acids is 1. The molecule has 0 aliphatic rings. The zero-order chi connectivity index (χ0) is 15.1. The van der Waals surface area contributed by atoms with Crippen molar-refractivity contribution in [2.45, 2.75) is 13.8 Å². The van der Waals surface area contributed by atoms with Crippen molar-refractivity contribution in [1.82, 2.24) is 20.3 Å². The highest BCUT2D eigenvalue weighted by molar-refractivity contribution is 5.78. The summed E-state index contributed by atoms with van der Waals surface area (Å²) in [6.45, 7) is 4.68. The monoisotopic (exact) mass is 282 g/mol. The molecule has 112 valence electrons. The van der Waals surface area contributed by atoms with Crippen LogP contribution in [0.4, 0.5) is 11.9 Å². The fourth-order valence-corrected chi connectivity index (χ4v) is 1.64. The Labute approximate surface area is 119 Å². The molecule has 0 aromatic carbocycles. The molecule has 8 heteroatoms. The van der Waals surface area contributed by atoms with Gasteiger partial charge in [-0.1, -0.05) is 6.92 Å². The Bertz CT molecular complexity index is 454. The molecule has 20 heavy (non-hydrogen) atoms. The van der Waals surface area contributed by atoms with E-state index in [2.05, 4.69) is 25.6 Å². The van der Waals surface area contributed by atoms with Crippen molar-refractivity contribution in [3.05, 3.63) is 0 Å². The summed E-state index contributed by atoms with van der Waals surface area (Å²) in [6.07, 6.45) is 0. The lowest BCUT2D eigenvalue weighted by atomic mass is 10.1. The van der Waals surface area contributed by atoms with E-state index in [1.54, 1.807) is 19.0 Å². The number of rotatable bonds is 7. The fourth-order valence-electron chi connectivity index (χ4n) is 1.64. The summed E-state index contributed by atoms with van der Waals surface area (Å²) in [4.78, 5) is 25.9. The van der Waals surface area contributed by atoms with Gasteiger partial charge in [-0.25, -0.2) is 0 Å². The van der Waals surface area contributed by atoms with E-state index >= 15 is 0 Å². The third kappa shape index (κ3) is 4.22. The molecule has 0 fully saturated rings. The molecule has 1 aromatic heterocycles. The summed E-state index contributed by atoms with van der Waals surface area (Å²) in [7, 11) is 5.17. The lowest BCUT2D eigenvalue weighted by Crippen LogP contribution is -2.35. The van der Waals surface area contributed by atoms with Gasteiger partial charge in [0.05, 0.1) is 12.5 Å². The number of hydrogen-bond acceptors (Lipinski definition) is 7. The highest BCUT2D eigenvalue weighted by Gasteiger charge is 2.17. The maximum absolute atomic E-state index is 11.5. The van der Waals surface area contributed by atoms with Crippen molar-refractivity contribution in [3.63, 3.8) is 0 Å². The molecule has 1 aromatic rings. The number of anilines is 2. The van der Waals surface area contributed by atoms with Gasteiger partial charge in [0.25, 0.3) is 0 Å². The van der Waals surface area contributed by atoms with Gasteiger partial charge in [-0.05, 0) is 6.92 Å². The molecule has 1 amide bonds. The van der Waals surface area contributed by atoms with Gasteiger partial charge in [0, 0.05) is 27.7 Å². The molecular formula is C12H22N6O2. The number of nitrogens with zero attached hydrogens (tertiary/aromatic N) is 4. The average molecular weight is 282 g/mol. The second kappa shape index (κ2) is 7.46. The van der Waals surface area contributed by atoms with Crippen molar-refractivity contribution in [2.24, 2.45) is 5.92 Å². The van der Waals surface area contributed by atoms with Gasteiger partial charge in [-0.2, -0.15) is 15.0 Å². The minimum atomic E-state index is -0.171. The second-order valence-electron chi connectivity index (χ2n) is 4.32. The quantitative estimate of drug-likeness (QED) is 0.734. The van der Waals surface area contributed by atoms with E-state index in [1.165, 1.54) is 0 Å². The Hall–Kier alpha value is -2.12. The van der Waals surface area contributed by atoms with Crippen LogP contribution in [-0.2, 0) is 4.79 Å². The zero-order valence-electron chi connectivity index (χ0n) is 12.6. The smallest absolute Gasteiger partial charge is 0.323 e. The van der Waals surface area contributed by atoms with Crippen molar-refractivity contribution < 1.29 is 9.53 Å². The molecule has 0 bridgehead atoms. The van der Waals surface area contributed by atoms with Gasteiger partial charge >= 0.3 is 6.01 Å². The van der Waals surface area contributed by atoms with Gasteiger partial charge in [0.2, 0.25) is 17.8 Å². The van der Waals surface area contributed by atoms with Crippen LogP contribution in [0.15, 0.2) is 0 Å². The number of amides is 1. The standard InChI is InChI=1S/C12H22N6O2/c1-6-20-12-16-10(14-4)15-11(17-12)18(5)7-8(2)9(19)13-3/h8H,6-7H2,1-5H3,(H,13,19)(H,14,15,16,17). The highest BCUT2D eigenvalue weighted by Crippen LogP contribution is 2.14. The molecule has 1 atom stereocenters. The molecule has 1 heterocycles. The maximum Gasteiger partial charge on any atom is 0.323 e. The number of ether oxygens (including phenoxy) is 1. The number of aromatic nitrogens is 3. The van der Waals surface area contributed by atoms with E-state index in [1.807, 2.05) is 20.9 Å². The highest BCUT2D eigenvalue weighted by atomic mass is 16.5. The first-order valence-corrected chi connectivity index (χ1v) is 6.51. The summed E-state index contributed by atoms with van der Waals surface area (Å²) in [5.41, 5.74) is 0. The molecule has 0 spiro atoms. The molecule has 8 nitrogen and oxygen atoms in total. The lowest BCUT2D eigenvalue weighted by molar-refractivity contribution is -0.123. The second-order valence-corrected chi connectivity index (χ2v) is 4.32. The Balaban J connectivity index is 2.88. The predicted molar refractivity (Wildman–Crippen MR) is 77.0 cm³/mol. The van der Waals surface area contributed by atoms with Crippen LogP contribution in [0.2, 0.25) is 0 Å². The molecule has 0 saturated carbocycles. The van der Waals surface area contributed by atoms with Crippen LogP contribution in [0.25, 0.3) is 0 Å². The Morgan fingerprint density at radius 2 is 2.05 bits per heavy atom. The summed E-state index contributed by atoms with van der Waals surface area (Å²) >= 11 is 0. The van der Waals surface area contributed by atoms with Crippen LogP contribution in [0.1, 0.15) is 13.8 Å². The topological polar surface area (TPSA) is 92.3 Å². The van der Waals surface area contributed by atoms with Gasteiger partial charge < -0.3 is 20.3 Å². The van der Waals surface area contributed by atoms with Crippen LogP contribution < -0.4 is 20.3 Å². The minimum absolute atomic E-state index is 0.0234. The zero-order valence-corrected chi connectivity index (χ0v) is 12.6. The Morgan fingerprint density at radius 3 is 2.60 bits per heavy atom. The minimum Gasteiger partial charge on any atom is -0.464 e. The first-order chi connectivity index (χ1) is 9.51. The fraction of sp³-hybridized carbons (Fsp3) is 0.667. The van der Waals surface area contributed by atoms with Gasteiger partial charge in [-0.3, -0.25) is 4.79 Å². The van der Waals surface area contributed by atoms with Crippen LogP contribution in [0.3, 0.4) is 0 Å². The van der Waals surface area contributed by atoms with Crippen molar-refractivity contribution >= 4 is 17.8 Å². The molecule has 0 radical (unpaired) electrons. The van der Waals surface area contributed by atoms with E-state index in [-0.39, 0.29) is 17.8 Å². The molecule has 0 saturated heterocycles. The van der Waals surface area contributed by atoms with Crippen LogP contribution in [-0.4, -0.2) is 55.2 Å². The predicted octanol–water partition coefficient (Wildman–Crippen LogP) is 0.130. The first kappa shape index (κ1) is 15.9. The van der Waals surface area contributed by atoms with Gasteiger partial charge in [0.1, 0.15) is 0 Å². The summed E-state index contributed by atoms with van der Waals surface area (Å²) in [6, 6.07) is 0.265. The molecule has 2 N–H and O–H groups in total. The first-order valence-electron chi connectivity index (χ1n) is 6.51. The van der Waals surface area contributed by atoms with Gasteiger partial charge in [0.15, 0.2) is 0 Å². The van der Waals surface area contributed by atoms with Gasteiger partial charge in [-0.15, -0.1) is 0 Å². The Kier molecular flexibility index (Phi) is 5.95. The largest absolute Gasteiger partial charge is 0.464 e. The summed E-state index contributed by atoms with van der Waals surface area (Å²) in [5, 5.41) is 5.48. The van der Waals surface area contributed by atoms with E-state index in [4.69, 9.17) is 4.74 Å². The molecule has 0 aliphatic carbocycles. The molecule has 1 unspecified atom stereocenters. The third-order valence-electron chi connectivity index (χ3n) is 2.68. The van der Waals surface area contributed by atoms with Crippen molar-refractivity contribution in [2.75, 3.05) is 44.5 Å². The van der Waals surface area contributed by atoms with E-state index in [9.17, 15) is 4.79 Å². The van der Waals surface area contributed by atoms with Crippen LogP contribution in [0.5, 0.6) is 6.01 Å². The normalized spacial score (nSPS) is 11.7. The van der Waals surface area contributed by atoms with E-state index in [0.717, 1.165) is 0 Å². The van der Waals surface area contributed by atoms with Crippen molar-refractivity contribution in [3.8, 4) is 6.01 Å². The van der Waals surface area contributed by atoms with Crippen LogP contribution in [0, 0.1) is 5.92 Å². The SMILES string of the molecule is CCOc1nc(NC)nc(N(C)CC(C)C(=O)NC)n1. The maximum atomic E-state index is 11.5. The number of hydrogen-bond donors (Lipinski definition) is 2. The van der Waals surface area contributed by atoms with E-state index in [0.29, 0.717) is 25.0 Å². The molecule has 1 rings (SSSR count). The van der Waals surface area contributed by atoms with Crippen molar-refractivity contribution in [1.29, 1.82) is 0 Å². The Morgan fingerprint density at radius 1 is 1.35 bits per heavy atom. The van der Waals surface area contributed by atoms with E-state index < -0.39 is 0 Å². The molecule has 0 aliphatic heterocycles. The summed E-state index contributed by atoms with van der Waals surface area (Å²) in [5.74, 6) is 0.696. The number of carbonyl (C=O) groups is 1. The third-order valence-corrected chi connectivity index (χ3v) is 2.68. The lowest BCUT2D eigenvalue weighted by Gasteiger charge is -2.21. The summed E-state index contributed by atoms with van der Waals surface area (Å²) < 4.78 is 5.30. The number of nitrogens with one attached hydrogen (secondary N) is 2. The molecular weight excluding hydrogens is 260 g/mol. The van der Waals surface area contributed by atoms with Crippen LogP contribution >= 0.6 is 0 Å². The average Bonchev–Trinajstić information content (AvgIpc) is 2.46.